The molecule has 1 atom stereocenters. The smallest absolute Gasteiger partial charge is 0.255 e. The first-order chi connectivity index (χ1) is 16.6. The Hall–Kier alpha value is -3.65. The minimum Gasteiger partial charge on any atom is -0.497 e. The Morgan fingerprint density at radius 3 is 2.50 bits per heavy atom. The molecule has 3 aromatic carbocycles. The molecule has 176 valence electrons. The number of thioether (sulfide) groups is 1. The summed E-state index contributed by atoms with van der Waals surface area (Å²) in [6.45, 7) is 2.98. The first-order valence-electron chi connectivity index (χ1n) is 11.0. The quantitative estimate of drug-likeness (QED) is 0.431. The van der Waals surface area contributed by atoms with E-state index >= 15 is 0 Å². The molecule has 0 aromatic heterocycles. The van der Waals surface area contributed by atoms with Gasteiger partial charge in [0, 0.05) is 27.9 Å². The number of rotatable bonds is 8. The van der Waals surface area contributed by atoms with Crippen LogP contribution >= 0.6 is 11.8 Å². The van der Waals surface area contributed by atoms with Crippen molar-refractivity contribution in [3.05, 3.63) is 72.3 Å². The van der Waals surface area contributed by atoms with E-state index in [1.807, 2.05) is 31.2 Å². The van der Waals surface area contributed by atoms with Crippen LogP contribution < -0.4 is 24.8 Å². The van der Waals surface area contributed by atoms with Crippen LogP contribution in [-0.2, 0) is 4.79 Å². The van der Waals surface area contributed by atoms with E-state index in [1.165, 1.54) is 11.8 Å². The number of fused-ring (bicyclic) bond motifs is 1. The molecule has 8 heteroatoms. The Morgan fingerprint density at radius 2 is 1.71 bits per heavy atom. The van der Waals surface area contributed by atoms with Gasteiger partial charge in [-0.3, -0.25) is 9.59 Å². The minimum atomic E-state index is -0.308. The summed E-state index contributed by atoms with van der Waals surface area (Å²) >= 11 is 1.45. The maximum absolute atomic E-state index is 12.9. The molecule has 0 radical (unpaired) electrons. The molecule has 0 fully saturated rings. The number of amides is 2. The van der Waals surface area contributed by atoms with Crippen LogP contribution in [0.5, 0.6) is 17.2 Å². The van der Waals surface area contributed by atoms with Gasteiger partial charge in [-0.1, -0.05) is 19.1 Å². The fraction of sp³-hybridized carbons (Fsp3) is 0.231. The topological polar surface area (TPSA) is 85.9 Å². The second-order valence-corrected chi connectivity index (χ2v) is 8.85. The van der Waals surface area contributed by atoms with Crippen LogP contribution in [0.3, 0.4) is 0 Å². The van der Waals surface area contributed by atoms with Crippen molar-refractivity contribution in [2.75, 3.05) is 31.0 Å². The molecule has 0 aliphatic carbocycles. The third-order valence-corrected chi connectivity index (χ3v) is 6.53. The van der Waals surface area contributed by atoms with Gasteiger partial charge in [-0.05, 0) is 55.0 Å². The highest BCUT2D eigenvalue weighted by Gasteiger charge is 2.20. The number of carbonyl (C=O) groups is 2. The Kier molecular flexibility index (Phi) is 7.59. The minimum absolute atomic E-state index is 0.102. The first kappa shape index (κ1) is 23.5. The van der Waals surface area contributed by atoms with E-state index in [9.17, 15) is 9.59 Å². The summed E-state index contributed by atoms with van der Waals surface area (Å²) in [5.41, 5.74) is 1.81. The highest BCUT2D eigenvalue weighted by molar-refractivity contribution is 8.00. The number of anilines is 2. The van der Waals surface area contributed by atoms with Gasteiger partial charge in [-0.25, -0.2) is 0 Å². The number of nitrogens with one attached hydrogen (secondary N) is 2. The van der Waals surface area contributed by atoms with Crippen LogP contribution in [0, 0.1) is 0 Å². The van der Waals surface area contributed by atoms with Gasteiger partial charge in [-0.15, -0.1) is 11.8 Å². The second kappa shape index (κ2) is 11.0. The Bertz CT molecular complexity index is 1180. The first-order valence-corrected chi connectivity index (χ1v) is 11.9. The van der Waals surface area contributed by atoms with Crippen molar-refractivity contribution < 1.29 is 23.8 Å². The lowest BCUT2D eigenvalue weighted by molar-refractivity contribution is -0.115. The monoisotopic (exact) mass is 478 g/mol. The predicted octanol–water partition coefficient (Wildman–Crippen LogP) is 5.23. The van der Waals surface area contributed by atoms with Crippen LogP contribution in [0.25, 0.3) is 0 Å². The number of ether oxygens (including phenoxy) is 3. The summed E-state index contributed by atoms with van der Waals surface area (Å²) in [6, 6.07) is 19.8. The number of methoxy groups -OCH3 is 1. The van der Waals surface area contributed by atoms with Crippen LogP contribution in [-0.4, -0.2) is 37.4 Å². The van der Waals surface area contributed by atoms with E-state index in [1.54, 1.807) is 49.6 Å². The summed E-state index contributed by atoms with van der Waals surface area (Å²) in [4.78, 5) is 26.4. The van der Waals surface area contributed by atoms with Crippen LogP contribution in [0.2, 0.25) is 0 Å². The summed E-state index contributed by atoms with van der Waals surface area (Å²) in [7, 11) is 1.56. The SMILES string of the molecule is CCC(Sc1cccc(NC(=O)c2cccc(OC)c2)c1)C(=O)Nc1ccc2c(c1)OCCO2. The number of hydrogen-bond donors (Lipinski definition) is 2. The summed E-state index contributed by atoms with van der Waals surface area (Å²) in [5, 5.41) is 5.56. The normalized spacial score (nSPS) is 13.0. The molecule has 0 spiro atoms. The molecule has 2 N–H and O–H groups in total. The third-order valence-electron chi connectivity index (χ3n) is 5.18. The molecule has 4 rings (SSSR count). The van der Waals surface area contributed by atoms with Crippen molar-refractivity contribution in [3.63, 3.8) is 0 Å². The van der Waals surface area contributed by atoms with Crippen molar-refractivity contribution in [1.82, 2.24) is 0 Å². The van der Waals surface area contributed by atoms with Gasteiger partial charge in [0.15, 0.2) is 11.5 Å². The molecule has 1 unspecified atom stereocenters. The Balaban J connectivity index is 1.40. The third kappa shape index (κ3) is 5.82. The maximum Gasteiger partial charge on any atom is 0.255 e. The van der Waals surface area contributed by atoms with Crippen molar-refractivity contribution in [1.29, 1.82) is 0 Å². The van der Waals surface area contributed by atoms with Crippen LogP contribution in [0.4, 0.5) is 11.4 Å². The molecule has 34 heavy (non-hydrogen) atoms. The van der Waals surface area contributed by atoms with E-state index in [0.717, 1.165) is 4.90 Å². The summed E-state index contributed by atoms with van der Waals surface area (Å²) in [5.74, 6) is 1.59. The standard InChI is InChI=1S/C26H26N2O5S/c1-3-24(26(30)28-19-10-11-22-23(16-19)33-13-12-32-22)34-21-9-5-7-18(15-21)27-25(29)17-6-4-8-20(14-17)31-2/h4-11,14-16,24H,3,12-13H2,1-2H3,(H,27,29)(H,28,30). The number of benzene rings is 3. The number of hydrogen-bond acceptors (Lipinski definition) is 6. The second-order valence-electron chi connectivity index (χ2n) is 7.58. The fourth-order valence-corrected chi connectivity index (χ4v) is 4.46. The molecule has 7 nitrogen and oxygen atoms in total. The summed E-state index contributed by atoms with van der Waals surface area (Å²) < 4.78 is 16.3. The molecule has 1 aliphatic heterocycles. The van der Waals surface area contributed by atoms with Gasteiger partial charge < -0.3 is 24.8 Å². The lowest BCUT2D eigenvalue weighted by Gasteiger charge is -2.20. The highest BCUT2D eigenvalue weighted by Crippen LogP contribution is 2.33. The maximum atomic E-state index is 12.9. The fourth-order valence-electron chi connectivity index (χ4n) is 3.45. The number of carbonyl (C=O) groups excluding carboxylic acids is 2. The van der Waals surface area contributed by atoms with Gasteiger partial charge in [-0.2, -0.15) is 0 Å². The average molecular weight is 479 g/mol. The van der Waals surface area contributed by atoms with E-state index < -0.39 is 0 Å². The molecule has 1 aliphatic rings. The lowest BCUT2D eigenvalue weighted by atomic mass is 10.2. The van der Waals surface area contributed by atoms with Crippen molar-refractivity contribution in [3.8, 4) is 17.2 Å². The van der Waals surface area contributed by atoms with Crippen LogP contribution in [0.15, 0.2) is 71.6 Å². The zero-order chi connectivity index (χ0) is 23.9. The van der Waals surface area contributed by atoms with Crippen LogP contribution in [0.1, 0.15) is 23.7 Å². The van der Waals surface area contributed by atoms with Gasteiger partial charge in [0.1, 0.15) is 19.0 Å². The van der Waals surface area contributed by atoms with Gasteiger partial charge in [0.25, 0.3) is 5.91 Å². The van der Waals surface area contributed by atoms with E-state index in [-0.39, 0.29) is 17.1 Å². The van der Waals surface area contributed by atoms with E-state index in [2.05, 4.69) is 10.6 Å². The van der Waals surface area contributed by atoms with Gasteiger partial charge in [0.2, 0.25) is 5.91 Å². The largest absolute Gasteiger partial charge is 0.497 e. The molecular weight excluding hydrogens is 452 g/mol. The summed E-state index contributed by atoms with van der Waals surface area (Å²) in [6.07, 6.45) is 0.640. The molecule has 2 amide bonds. The van der Waals surface area contributed by atoms with Crippen molar-refractivity contribution in [2.24, 2.45) is 0 Å². The molecule has 0 bridgehead atoms. The molecular formula is C26H26N2O5S. The van der Waals surface area contributed by atoms with Crippen molar-refractivity contribution in [2.45, 2.75) is 23.5 Å². The predicted molar refractivity (Wildman–Crippen MR) is 133 cm³/mol. The zero-order valence-electron chi connectivity index (χ0n) is 19.0. The Morgan fingerprint density at radius 1 is 0.941 bits per heavy atom. The molecule has 1 heterocycles. The molecule has 3 aromatic rings. The van der Waals surface area contributed by atoms with Gasteiger partial charge >= 0.3 is 0 Å². The molecule has 0 saturated heterocycles. The average Bonchev–Trinajstić information content (AvgIpc) is 2.87. The zero-order valence-corrected chi connectivity index (χ0v) is 19.8. The van der Waals surface area contributed by atoms with Crippen molar-refractivity contribution >= 4 is 35.0 Å². The van der Waals surface area contributed by atoms with E-state index in [0.29, 0.717) is 53.8 Å². The Labute approximate surface area is 202 Å². The van der Waals surface area contributed by atoms with Gasteiger partial charge in [0.05, 0.1) is 12.4 Å². The van der Waals surface area contributed by atoms with E-state index in [4.69, 9.17) is 14.2 Å². The molecule has 0 saturated carbocycles. The lowest BCUT2D eigenvalue weighted by Crippen LogP contribution is -2.24. The highest BCUT2D eigenvalue weighted by atomic mass is 32.2.